The zero-order valence-corrected chi connectivity index (χ0v) is 17.2. The fourth-order valence-corrected chi connectivity index (χ4v) is 3.74. The number of H-pyrrole nitrogens is 1. The minimum absolute atomic E-state index is 0.0782. The van der Waals surface area contributed by atoms with E-state index in [0.29, 0.717) is 19.6 Å². The first kappa shape index (κ1) is 19.8. The van der Waals surface area contributed by atoms with Gasteiger partial charge in [0.25, 0.3) is 0 Å². The molecule has 7 heteroatoms. The molecule has 4 N–H and O–H groups in total. The van der Waals surface area contributed by atoms with Crippen LogP contribution >= 0.6 is 0 Å². The lowest BCUT2D eigenvalue weighted by Crippen LogP contribution is -2.47. The van der Waals surface area contributed by atoms with E-state index in [1.165, 1.54) is 22.0 Å². The number of nitrogens with one attached hydrogen (secondary N) is 4. The summed E-state index contributed by atoms with van der Waals surface area (Å²) >= 11 is 0. The van der Waals surface area contributed by atoms with Crippen molar-refractivity contribution in [3.05, 3.63) is 65.9 Å². The van der Waals surface area contributed by atoms with Gasteiger partial charge >= 0.3 is 0 Å². The van der Waals surface area contributed by atoms with Crippen LogP contribution in [0.25, 0.3) is 10.9 Å². The smallest absolute Gasteiger partial charge is 0.239 e. The van der Waals surface area contributed by atoms with E-state index in [0.717, 1.165) is 31.2 Å². The van der Waals surface area contributed by atoms with Crippen LogP contribution in [0.15, 0.2) is 59.7 Å². The summed E-state index contributed by atoms with van der Waals surface area (Å²) in [6.07, 6.45) is 3.00. The first-order valence-electron chi connectivity index (χ1n) is 10.3. The average Bonchev–Trinajstić information content (AvgIpc) is 3.19. The maximum Gasteiger partial charge on any atom is 0.239 e. The van der Waals surface area contributed by atoms with Gasteiger partial charge in [-0.15, -0.1) is 0 Å². The molecule has 30 heavy (non-hydrogen) atoms. The van der Waals surface area contributed by atoms with Gasteiger partial charge in [-0.05, 0) is 35.7 Å². The Balaban J connectivity index is 1.25. The van der Waals surface area contributed by atoms with Gasteiger partial charge in [-0.3, -0.25) is 9.79 Å². The highest BCUT2D eigenvalue weighted by Gasteiger charge is 2.16. The number of piperazine rings is 1. The van der Waals surface area contributed by atoms with Crippen molar-refractivity contribution < 1.29 is 4.79 Å². The molecule has 4 rings (SSSR count). The highest BCUT2D eigenvalue weighted by atomic mass is 16.2. The highest BCUT2D eigenvalue weighted by Crippen LogP contribution is 2.18. The second-order valence-electron chi connectivity index (χ2n) is 7.40. The number of carbonyl (C=O) groups excluding carboxylic acids is 1. The molecule has 1 aliphatic heterocycles. The predicted molar refractivity (Wildman–Crippen MR) is 122 cm³/mol. The Morgan fingerprint density at radius 1 is 1.13 bits per heavy atom. The zero-order chi connectivity index (χ0) is 20.8. The number of hydrogen-bond acceptors (Lipinski definition) is 3. The number of anilines is 1. The van der Waals surface area contributed by atoms with Crippen molar-refractivity contribution in [2.24, 2.45) is 4.99 Å². The number of para-hydroxylation sites is 1. The lowest BCUT2D eigenvalue weighted by Gasteiger charge is -2.28. The fraction of sp³-hybridized carbons (Fsp3) is 0.304. The first-order valence-corrected chi connectivity index (χ1v) is 10.3. The average molecular weight is 405 g/mol. The first-order chi connectivity index (χ1) is 14.7. The van der Waals surface area contributed by atoms with Gasteiger partial charge in [0.2, 0.25) is 5.91 Å². The molecular weight excluding hydrogens is 376 g/mol. The molecule has 0 radical (unpaired) electrons. The molecule has 1 aliphatic rings. The number of rotatable bonds is 6. The molecule has 0 bridgehead atoms. The number of aromatic nitrogens is 1. The summed E-state index contributed by atoms with van der Waals surface area (Å²) in [5.41, 5.74) is 4.72. The van der Waals surface area contributed by atoms with Crippen LogP contribution < -0.4 is 20.9 Å². The quantitative estimate of drug-likeness (QED) is 0.374. The van der Waals surface area contributed by atoms with Crippen LogP contribution in [0.2, 0.25) is 0 Å². The largest absolute Gasteiger partial charge is 0.361 e. The second-order valence-corrected chi connectivity index (χ2v) is 7.40. The summed E-state index contributed by atoms with van der Waals surface area (Å²) in [7, 11) is 1.78. The van der Waals surface area contributed by atoms with E-state index in [1.54, 1.807) is 7.05 Å². The molecular formula is C23H28N6O. The third-order valence-electron chi connectivity index (χ3n) is 5.39. The van der Waals surface area contributed by atoms with Gasteiger partial charge in [-0.25, -0.2) is 0 Å². The van der Waals surface area contributed by atoms with Crippen LogP contribution in [0.5, 0.6) is 0 Å². The molecule has 0 spiro atoms. The van der Waals surface area contributed by atoms with E-state index < -0.39 is 0 Å². The molecule has 1 aromatic heterocycles. The number of carbonyl (C=O) groups is 1. The number of guanidine groups is 1. The highest BCUT2D eigenvalue weighted by molar-refractivity contribution is 5.84. The van der Waals surface area contributed by atoms with Crippen molar-refractivity contribution >= 4 is 28.5 Å². The van der Waals surface area contributed by atoms with Crippen LogP contribution in [-0.2, 0) is 17.8 Å². The van der Waals surface area contributed by atoms with E-state index >= 15 is 0 Å². The third kappa shape index (κ3) is 4.74. The Labute approximate surface area is 176 Å². The molecule has 2 aromatic carbocycles. The molecule has 3 aromatic rings. The van der Waals surface area contributed by atoms with Gasteiger partial charge in [0.15, 0.2) is 5.96 Å². The summed E-state index contributed by atoms with van der Waals surface area (Å²) in [5.74, 6) is 0.862. The molecule has 0 aliphatic carbocycles. The molecule has 1 amide bonds. The molecule has 0 saturated carbocycles. The van der Waals surface area contributed by atoms with Gasteiger partial charge in [0.1, 0.15) is 0 Å². The third-order valence-corrected chi connectivity index (χ3v) is 5.39. The van der Waals surface area contributed by atoms with E-state index in [1.807, 2.05) is 6.07 Å². The zero-order valence-electron chi connectivity index (χ0n) is 17.2. The van der Waals surface area contributed by atoms with Crippen molar-refractivity contribution in [2.75, 3.05) is 38.1 Å². The normalized spacial score (nSPS) is 14.6. The van der Waals surface area contributed by atoms with Gasteiger partial charge in [0.05, 0.1) is 6.54 Å². The van der Waals surface area contributed by atoms with Crippen molar-refractivity contribution in [3.8, 4) is 0 Å². The summed E-state index contributed by atoms with van der Waals surface area (Å²) in [6, 6.07) is 16.7. The van der Waals surface area contributed by atoms with Gasteiger partial charge in [0, 0.05) is 56.0 Å². The number of hydrogen-bond donors (Lipinski definition) is 4. The standard InChI is InChI=1S/C23H28N6O/c1-24-23(26-11-10-18-15-27-21-5-3-2-4-20(18)21)28-14-17-6-8-19(9-7-17)29-13-12-25-22(30)16-29/h2-9,15,27H,10-14,16H2,1H3,(H,25,30)(H2,24,26,28). The van der Waals surface area contributed by atoms with Crippen molar-refractivity contribution in [2.45, 2.75) is 13.0 Å². The van der Waals surface area contributed by atoms with Crippen molar-refractivity contribution in [3.63, 3.8) is 0 Å². The second kappa shape index (κ2) is 9.35. The van der Waals surface area contributed by atoms with Crippen LogP contribution in [0.3, 0.4) is 0 Å². The van der Waals surface area contributed by atoms with Crippen LogP contribution in [0, 0.1) is 0 Å². The Morgan fingerprint density at radius 3 is 2.77 bits per heavy atom. The number of benzene rings is 2. The minimum Gasteiger partial charge on any atom is -0.361 e. The maximum atomic E-state index is 11.6. The molecule has 1 saturated heterocycles. The molecule has 0 unspecified atom stereocenters. The maximum absolute atomic E-state index is 11.6. The van der Waals surface area contributed by atoms with Crippen molar-refractivity contribution in [1.82, 2.24) is 20.9 Å². The van der Waals surface area contributed by atoms with E-state index in [9.17, 15) is 4.79 Å². The lowest BCUT2D eigenvalue weighted by atomic mass is 10.1. The Hall–Kier alpha value is -3.48. The molecule has 7 nitrogen and oxygen atoms in total. The summed E-state index contributed by atoms with van der Waals surface area (Å²) in [6.45, 7) is 3.45. The van der Waals surface area contributed by atoms with Crippen LogP contribution in [0.4, 0.5) is 5.69 Å². The summed E-state index contributed by atoms with van der Waals surface area (Å²) < 4.78 is 0. The fourth-order valence-electron chi connectivity index (χ4n) is 3.74. The predicted octanol–water partition coefficient (Wildman–Crippen LogP) is 2.01. The van der Waals surface area contributed by atoms with E-state index in [4.69, 9.17) is 0 Å². The molecule has 0 atom stereocenters. The topological polar surface area (TPSA) is 84.6 Å². The van der Waals surface area contributed by atoms with Crippen LogP contribution in [0.1, 0.15) is 11.1 Å². The number of aliphatic imine (C=N–C) groups is 1. The number of aromatic amines is 1. The molecule has 2 heterocycles. The Kier molecular flexibility index (Phi) is 6.17. The lowest BCUT2D eigenvalue weighted by molar-refractivity contribution is -0.120. The summed E-state index contributed by atoms with van der Waals surface area (Å²) in [5, 5.41) is 10.9. The van der Waals surface area contributed by atoms with Gasteiger partial charge < -0.3 is 25.8 Å². The van der Waals surface area contributed by atoms with E-state index in [2.05, 4.69) is 79.5 Å². The number of amides is 1. The minimum atomic E-state index is 0.0782. The van der Waals surface area contributed by atoms with Crippen molar-refractivity contribution in [1.29, 1.82) is 0 Å². The summed E-state index contributed by atoms with van der Waals surface area (Å²) in [4.78, 5) is 21.3. The van der Waals surface area contributed by atoms with Crippen LogP contribution in [-0.4, -0.2) is 50.1 Å². The van der Waals surface area contributed by atoms with Gasteiger partial charge in [-0.1, -0.05) is 30.3 Å². The Morgan fingerprint density at radius 2 is 1.97 bits per heavy atom. The molecule has 156 valence electrons. The molecule has 1 fully saturated rings. The SMILES string of the molecule is CN=C(NCCc1c[nH]c2ccccc12)NCc1ccc(N2CCNC(=O)C2)cc1. The Bertz CT molecular complexity index is 1020. The number of nitrogens with zero attached hydrogens (tertiary/aromatic N) is 2. The van der Waals surface area contributed by atoms with Gasteiger partial charge in [-0.2, -0.15) is 0 Å². The monoisotopic (exact) mass is 404 g/mol. The van der Waals surface area contributed by atoms with E-state index in [-0.39, 0.29) is 5.91 Å². The number of fused-ring (bicyclic) bond motifs is 1.